The summed E-state index contributed by atoms with van der Waals surface area (Å²) in [5, 5.41) is 3.08. The Morgan fingerprint density at radius 3 is 2.88 bits per heavy atom. The Hall–Kier alpha value is -1.46. The average Bonchev–Trinajstić information content (AvgIpc) is 2.39. The Morgan fingerprint density at radius 2 is 2.29 bits per heavy atom. The first-order valence-electron chi connectivity index (χ1n) is 5.39. The normalized spacial score (nSPS) is 24.4. The van der Waals surface area contributed by atoms with E-state index in [-0.39, 0.29) is 18.5 Å². The van der Waals surface area contributed by atoms with Crippen molar-refractivity contribution in [3.05, 3.63) is 35.6 Å². The van der Waals surface area contributed by atoms with Crippen molar-refractivity contribution in [2.24, 2.45) is 0 Å². The van der Waals surface area contributed by atoms with E-state index in [0.29, 0.717) is 12.1 Å². The van der Waals surface area contributed by atoms with Gasteiger partial charge in [0.25, 0.3) is 0 Å². The fourth-order valence-corrected chi connectivity index (χ4v) is 1.82. The van der Waals surface area contributed by atoms with Gasteiger partial charge < -0.3 is 14.8 Å². The molecule has 1 aromatic rings. The minimum Gasteiger partial charge on any atom is -0.467 e. The number of benzene rings is 1. The van der Waals surface area contributed by atoms with Gasteiger partial charge in [0.1, 0.15) is 5.82 Å². The van der Waals surface area contributed by atoms with E-state index >= 15 is 0 Å². The zero-order valence-corrected chi connectivity index (χ0v) is 9.48. The Labute approximate surface area is 98.7 Å². The van der Waals surface area contributed by atoms with Gasteiger partial charge in [-0.15, -0.1) is 0 Å². The highest BCUT2D eigenvalue weighted by Gasteiger charge is 2.28. The number of ether oxygens (including phenoxy) is 2. The molecular weight excluding hydrogens is 225 g/mol. The van der Waals surface area contributed by atoms with Gasteiger partial charge in [0.05, 0.1) is 19.8 Å². The van der Waals surface area contributed by atoms with Gasteiger partial charge in [-0.3, -0.25) is 0 Å². The largest absolute Gasteiger partial charge is 0.467 e. The standard InChI is InChI=1S/C12H14FNO3/c1-16-12(15)11-6-14-10(7-17-11)8-4-2-3-5-9(8)13/h2-5,10-11,14H,6-7H2,1H3. The summed E-state index contributed by atoms with van der Waals surface area (Å²) >= 11 is 0. The number of hydrogen-bond acceptors (Lipinski definition) is 4. The van der Waals surface area contributed by atoms with Crippen LogP contribution in [0.1, 0.15) is 11.6 Å². The molecule has 0 spiro atoms. The molecule has 0 bridgehead atoms. The van der Waals surface area contributed by atoms with Crippen LogP contribution in [0.25, 0.3) is 0 Å². The van der Waals surface area contributed by atoms with Gasteiger partial charge in [0.15, 0.2) is 6.10 Å². The molecular formula is C12H14FNO3. The molecule has 0 radical (unpaired) electrons. The van der Waals surface area contributed by atoms with E-state index in [1.165, 1.54) is 13.2 Å². The van der Waals surface area contributed by atoms with Crippen molar-refractivity contribution in [3.63, 3.8) is 0 Å². The summed E-state index contributed by atoms with van der Waals surface area (Å²) in [7, 11) is 1.31. The predicted molar refractivity (Wildman–Crippen MR) is 58.9 cm³/mol. The third-order valence-electron chi connectivity index (χ3n) is 2.76. The maximum absolute atomic E-state index is 13.5. The maximum Gasteiger partial charge on any atom is 0.336 e. The maximum atomic E-state index is 13.5. The summed E-state index contributed by atoms with van der Waals surface area (Å²) in [4.78, 5) is 11.2. The highest BCUT2D eigenvalue weighted by Crippen LogP contribution is 2.20. The molecule has 1 fully saturated rings. The number of rotatable bonds is 2. The summed E-state index contributed by atoms with van der Waals surface area (Å²) in [5.41, 5.74) is 0.552. The van der Waals surface area contributed by atoms with E-state index < -0.39 is 12.1 Å². The number of halogens is 1. The molecule has 1 N–H and O–H groups in total. The van der Waals surface area contributed by atoms with E-state index in [2.05, 4.69) is 10.1 Å². The molecule has 0 aromatic heterocycles. The summed E-state index contributed by atoms with van der Waals surface area (Å²) in [6, 6.07) is 6.29. The van der Waals surface area contributed by atoms with Gasteiger partial charge in [-0.25, -0.2) is 9.18 Å². The lowest BCUT2D eigenvalue weighted by molar-refractivity contribution is -0.156. The van der Waals surface area contributed by atoms with Crippen LogP contribution >= 0.6 is 0 Å². The quantitative estimate of drug-likeness (QED) is 0.783. The predicted octanol–water partition coefficient (Wildman–Crippen LogP) is 1.03. The van der Waals surface area contributed by atoms with Crippen molar-refractivity contribution in [2.45, 2.75) is 12.1 Å². The van der Waals surface area contributed by atoms with E-state index in [0.717, 1.165) is 0 Å². The van der Waals surface area contributed by atoms with Crippen molar-refractivity contribution < 1.29 is 18.7 Å². The molecule has 4 nitrogen and oxygen atoms in total. The summed E-state index contributed by atoms with van der Waals surface area (Å²) in [6.45, 7) is 0.576. The molecule has 1 aromatic carbocycles. The molecule has 0 aliphatic carbocycles. The van der Waals surface area contributed by atoms with Crippen LogP contribution in [-0.2, 0) is 14.3 Å². The van der Waals surface area contributed by atoms with Crippen molar-refractivity contribution in [2.75, 3.05) is 20.3 Å². The van der Waals surface area contributed by atoms with Crippen LogP contribution in [0, 0.1) is 5.82 Å². The van der Waals surface area contributed by atoms with Gasteiger partial charge >= 0.3 is 5.97 Å². The van der Waals surface area contributed by atoms with Gasteiger partial charge in [-0.2, -0.15) is 0 Å². The monoisotopic (exact) mass is 239 g/mol. The SMILES string of the molecule is COC(=O)C1CNC(c2ccccc2F)CO1. The lowest BCUT2D eigenvalue weighted by Gasteiger charge is -2.29. The molecule has 2 rings (SSSR count). The highest BCUT2D eigenvalue weighted by atomic mass is 19.1. The van der Waals surface area contributed by atoms with Gasteiger partial charge in [0.2, 0.25) is 0 Å². The summed E-state index contributed by atoms with van der Waals surface area (Å²) in [5.74, 6) is -0.686. The minimum atomic E-state index is -0.608. The smallest absolute Gasteiger partial charge is 0.336 e. The number of hydrogen-bond donors (Lipinski definition) is 1. The van der Waals surface area contributed by atoms with Crippen molar-refractivity contribution in [3.8, 4) is 0 Å². The molecule has 1 aliphatic rings. The number of nitrogens with one attached hydrogen (secondary N) is 1. The third-order valence-corrected chi connectivity index (χ3v) is 2.76. The van der Waals surface area contributed by atoms with Crippen molar-refractivity contribution in [1.29, 1.82) is 0 Å². The highest BCUT2D eigenvalue weighted by molar-refractivity contribution is 5.74. The van der Waals surface area contributed by atoms with Crippen LogP contribution in [0.15, 0.2) is 24.3 Å². The van der Waals surface area contributed by atoms with E-state index in [1.54, 1.807) is 18.2 Å². The number of carbonyl (C=O) groups is 1. The fourth-order valence-electron chi connectivity index (χ4n) is 1.82. The van der Waals surface area contributed by atoms with Crippen LogP contribution < -0.4 is 5.32 Å². The number of esters is 1. The molecule has 1 saturated heterocycles. The van der Waals surface area contributed by atoms with Crippen molar-refractivity contribution >= 4 is 5.97 Å². The van der Waals surface area contributed by atoms with Crippen LogP contribution in [0.4, 0.5) is 4.39 Å². The summed E-state index contributed by atoms with van der Waals surface area (Å²) < 4.78 is 23.4. The second-order valence-electron chi connectivity index (χ2n) is 3.83. The van der Waals surface area contributed by atoms with Gasteiger partial charge in [0, 0.05) is 12.1 Å². The molecule has 92 valence electrons. The van der Waals surface area contributed by atoms with Crippen LogP contribution in [0.2, 0.25) is 0 Å². The number of morpholine rings is 1. The van der Waals surface area contributed by atoms with E-state index in [1.807, 2.05) is 0 Å². The zero-order valence-electron chi connectivity index (χ0n) is 9.48. The number of methoxy groups -OCH3 is 1. The first kappa shape index (κ1) is 12.0. The first-order chi connectivity index (χ1) is 8.22. The van der Waals surface area contributed by atoms with Gasteiger partial charge in [-0.1, -0.05) is 18.2 Å². The lowest BCUT2D eigenvalue weighted by Crippen LogP contribution is -2.45. The minimum absolute atomic E-state index is 0.225. The fraction of sp³-hybridized carbons (Fsp3) is 0.417. The molecule has 0 amide bonds. The first-order valence-corrected chi connectivity index (χ1v) is 5.39. The van der Waals surface area contributed by atoms with Gasteiger partial charge in [-0.05, 0) is 6.07 Å². The molecule has 1 heterocycles. The molecule has 2 atom stereocenters. The molecule has 1 aliphatic heterocycles. The topological polar surface area (TPSA) is 47.6 Å². The zero-order chi connectivity index (χ0) is 12.3. The van der Waals surface area contributed by atoms with Crippen LogP contribution in [-0.4, -0.2) is 32.3 Å². The van der Waals surface area contributed by atoms with Crippen LogP contribution in [0.5, 0.6) is 0 Å². The second kappa shape index (κ2) is 5.25. The molecule has 17 heavy (non-hydrogen) atoms. The summed E-state index contributed by atoms with van der Waals surface area (Å²) in [6.07, 6.45) is -0.608. The Balaban J connectivity index is 2.00. The Bertz CT molecular complexity index is 402. The Kier molecular flexibility index (Phi) is 3.71. The van der Waals surface area contributed by atoms with E-state index in [9.17, 15) is 9.18 Å². The van der Waals surface area contributed by atoms with E-state index in [4.69, 9.17) is 4.74 Å². The molecule has 5 heteroatoms. The third kappa shape index (κ3) is 2.62. The second-order valence-corrected chi connectivity index (χ2v) is 3.83. The Morgan fingerprint density at radius 1 is 1.53 bits per heavy atom. The molecule has 2 unspecified atom stereocenters. The number of carbonyl (C=O) groups excluding carboxylic acids is 1. The molecule has 0 saturated carbocycles. The van der Waals surface area contributed by atoms with Crippen molar-refractivity contribution in [1.82, 2.24) is 5.32 Å². The van der Waals surface area contributed by atoms with Crippen LogP contribution in [0.3, 0.4) is 0 Å². The lowest BCUT2D eigenvalue weighted by atomic mass is 10.1. The average molecular weight is 239 g/mol.